The van der Waals surface area contributed by atoms with Crippen LogP contribution in [0, 0.1) is 0 Å². The Bertz CT molecular complexity index is 621. The van der Waals surface area contributed by atoms with E-state index in [1.807, 2.05) is 18.0 Å². The molecule has 1 aromatic rings. The lowest BCUT2D eigenvalue weighted by molar-refractivity contribution is -0.133. The molecule has 25 heavy (non-hydrogen) atoms. The van der Waals surface area contributed by atoms with Crippen LogP contribution in [-0.2, 0) is 11.2 Å². The predicted octanol–water partition coefficient (Wildman–Crippen LogP) is 4.31. The second-order valence-corrected chi connectivity index (χ2v) is 8.82. The Labute approximate surface area is 166 Å². The molecule has 0 radical (unpaired) electrons. The fourth-order valence-electron chi connectivity index (χ4n) is 4.16. The first-order valence-electron chi connectivity index (χ1n) is 9.07. The number of benzene rings is 1. The van der Waals surface area contributed by atoms with Gasteiger partial charge in [-0.05, 0) is 62.9 Å². The van der Waals surface area contributed by atoms with E-state index in [-0.39, 0.29) is 11.9 Å². The van der Waals surface area contributed by atoms with E-state index in [9.17, 15) is 4.79 Å². The summed E-state index contributed by atoms with van der Waals surface area (Å²) in [6, 6.07) is 6.12. The van der Waals surface area contributed by atoms with Gasteiger partial charge in [0.25, 0.3) is 0 Å². The van der Waals surface area contributed by atoms with Crippen molar-refractivity contribution in [3.8, 4) is 0 Å². The second kappa shape index (κ2) is 8.51. The molecule has 0 N–H and O–H groups in total. The van der Waals surface area contributed by atoms with Crippen molar-refractivity contribution in [1.82, 2.24) is 9.80 Å². The van der Waals surface area contributed by atoms with Gasteiger partial charge in [-0.15, -0.1) is 0 Å². The average Bonchev–Trinajstić information content (AvgIpc) is 3.11. The number of thiol groups is 1. The zero-order chi connectivity index (χ0) is 18.0. The van der Waals surface area contributed by atoms with Gasteiger partial charge in [-0.1, -0.05) is 29.3 Å². The Balaban J connectivity index is 1.70. The van der Waals surface area contributed by atoms with Gasteiger partial charge in [0.2, 0.25) is 5.91 Å². The van der Waals surface area contributed by atoms with E-state index in [4.69, 9.17) is 35.8 Å². The SMILES string of the molecule is CN(C(=O)Cc1ccc(Cl)c(Cl)c1)C1CC(S)CCC1N1CCCC1. The third-order valence-corrected chi connectivity index (χ3v) is 6.80. The van der Waals surface area contributed by atoms with Crippen LogP contribution in [0.3, 0.4) is 0 Å². The molecule has 0 spiro atoms. The summed E-state index contributed by atoms with van der Waals surface area (Å²) in [5.41, 5.74) is 0.905. The lowest BCUT2D eigenvalue weighted by Gasteiger charge is -2.44. The minimum atomic E-state index is 0.134. The number of likely N-dealkylation sites (N-methyl/N-ethyl adjacent to an activating group) is 1. The summed E-state index contributed by atoms with van der Waals surface area (Å²) in [4.78, 5) is 17.4. The van der Waals surface area contributed by atoms with Gasteiger partial charge in [0.15, 0.2) is 0 Å². The van der Waals surface area contributed by atoms with Crippen LogP contribution in [0.5, 0.6) is 0 Å². The van der Waals surface area contributed by atoms with Crippen molar-refractivity contribution in [2.45, 2.75) is 55.9 Å². The maximum Gasteiger partial charge on any atom is 0.227 e. The van der Waals surface area contributed by atoms with E-state index in [0.717, 1.165) is 37.9 Å². The highest BCUT2D eigenvalue weighted by Crippen LogP contribution is 2.32. The number of hydrogen-bond donors (Lipinski definition) is 1. The Hall–Kier alpha value is -0.420. The van der Waals surface area contributed by atoms with Gasteiger partial charge < -0.3 is 4.90 Å². The van der Waals surface area contributed by atoms with Crippen LogP contribution in [-0.4, -0.2) is 53.2 Å². The van der Waals surface area contributed by atoms with Crippen molar-refractivity contribution >= 4 is 41.7 Å². The number of rotatable bonds is 4. The molecule has 3 atom stereocenters. The molecule has 3 unspecified atom stereocenters. The monoisotopic (exact) mass is 400 g/mol. The van der Waals surface area contributed by atoms with E-state index >= 15 is 0 Å². The molecule has 2 fully saturated rings. The van der Waals surface area contributed by atoms with Crippen LogP contribution >= 0.6 is 35.8 Å². The van der Waals surface area contributed by atoms with Gasteiger partial charge in [0.1, 0.15) is 0 Å². The summed E-state index contributed by atoms with van der Waals surface area (Å²) in [6.45, 7) is 2.32. The quantitative estimate of drug-likeness (QED) is 0.761. The average molecular weight is 401 g/mol. The van der Waals surface area contributed by atoms with E-state index in [1.165, 1.54) is 12.8 Å². The Morgan fingerprint density at radius 1 is 1.24 bits per heavy atom. The Morgan fingerprint density at radius 2 is 1.96 bits per heavy atom. The van der Waals surface area contributed by atoms with E-state index in [2.05, 4.69) is 4.90 Å². The second-order valence-electron chi connectivity index (χ2n) is 7.27. The molecule has 6 heteroatoms. The van der Waals surface area contributed by atoms with Gasteiger partial charge in [-0.25, -0.2) is 0 Å². The summed E-state index contributed by atoms with van der Waals surface area (Å²) < 4.78 is 0. The molecule has 3 nitrogen and oxygen atoms in total. The molecular formula is C19H26Cl2N2OS. The number of halogens is 2. The van der Waals surface area contributed by atoms with Crippen molar-refractivity contribution in [2.24, 2.45) is 0 Å². The van der Waals surface area contributed by atoms with Crippen molar-refractivity contribution in [2.75, 3.05) is 20.1 Å². The number of nitrogens with zero attached hydrogens (tertiary/aromatic N) is 2. The number of hydrogen-bond acceptors (Lipinski definition) is 3. The number of carbonyl (C=O) groups excluding carboxylic acids is 1. The molecule has 1 saturated carbocycles. The predicted molar refractivity (Wildman–Crippen MR) is 108 cm³/mol. The largest absolute Gasteiger partial charge is 0.341 e. The van der Waals surface area contributed by atoms with E-state index < -0.39 is 0 Å². The maximum absolute atomic E-state index is 12.9. The molecule has 2 aliphatic rings. The molecule has 1 heterocycles. The first kappa shape index (κ1) is 19.3. The van der Waals surface area contributed by atoms with Gasteiger partial charge in [-0.2, -0.15) is 12.6 Å². The molecule has 0 aromatic heterocycles. The molecule has 3 rings (SSSR count). The molecule has 138 valence electrons. The molecule has 1 aliphatic heterocycles. The highest BCUT2D eigenvalue weighted by Gasteiger charge is 2.37. The molecule has 1 amide bonds. The summed E-state index contributed by atoms with van der Waals surface area (Å²) >= 11 is 16.8. The number of carbonyl (C=O) groups is 1. The van der Waals surface area contributed by atoms with Crippen LogP contribution in [0.25, 0.3) is 0 Å². The Morgan fingerprint density at radius 3 is 2.64 bits per heavy atom. The van der Waals surface area contributed by atoms with Gasteiger partial charge >= 0.3 is 0 Å². The lowest BCUT2D eigenvalue weighted by Crippen LogP contribution is -2.55. The van der Waals surface area contributed by atoms with E-state index in [1.54, 1.807) is 12.1 Å². The Kier molecular flexibility index (Phi) is 6.59. The fourth-order valence-corrected chi connectivity index (χ4v) is 4.84. The normalized spacial score (nSPS) is 27.4. The molecule has 1 saturated heterocycles. The lowest BCUT2D eigenvalue weighted by atomic mass is 9.87. The summed E-state index contributed by atoms with van der Waals surface area (Å²) in [5.74, 6) is 0.134. The smallest absolute Gasteiger partial charge is 0.227 e. The first-order chi connectivity index (χ1) is 12.0. The summed E-state index contributed by atoms with van der Waals surface area (Å²) in [7, 11) is 1.94. The molecular weight excluding hydrogens is 375 g/mol. The van der Waals surface area contributed by atoms with Gasteiger partial charge in [0, 0.05) is 24.4 Å². The summed E-state index contributed by atoms with van der Waals surface area (Å²) in [5, 5.41) is 1.40. The summed E-state index contributed by atoms with van der Waals surface area (Å²) in [6.07, 6.45) is 6.13. The number of amides is 1. The van der Waals surface area contributed by atoms with Crippen LogP contribution in [0.1, 0.15) is 37.7 Å². The number of likely N-dealkylation sites (tertiary alicyclic amines) is 1. The van der Waals surface area contributed by atoms with Crippen molar-refractivity contribution in [1.29, 1.82) is 0 Å². The highest BCUT2D eigenvalue weighted by atomic mass is 35.5. The van der Waals surface area contributed by atoms with Crippen molar-refractivity contribution in [3.05, 3.63) is 33.8 Å². The molecule has 1 aliphatic carbocycles. The maximum atomic E-state index is 12.9. The van der Waals surface area contributed by atoms with Crippen LogP contribution in [0.15, 0.2) is 18.2 Å². The molecule has 0 bridgehead atoms. The fraction of sp³-hybridized carbons (Fsp3) is 0.632. The molecule has 1 aromatic carbocycles. The third-order valence-electron chi connectivity index (χ3n) is 5.59. The zero-order valence-corrected chi connectivity index (χ0v) is 17.0. The standard InChI is InChI=1S/C19H26Cl2N2OS/c1-22(19(24)11-13-4-6-15(20)16(21)10-13)18-12-14(25)5-7-17(18)23-8-2-3-9-23/h4,6,10,14,17-18,25H,2-3,5,7-9,11-12H2,1H3. The van der Waals surface area contributed by atoms with E-state index in [0.29, 0.717) is 27.8 Å². The zero-order valence-electron chi connectivity index (χ0n) is 14.6. The van der Waals surface area contributed by atoms with Gasteiger partial charge in [-0.3, -0.25) is 9.69 Å². The van der Waals surface area contributed by atoms with Gasteiger partial charge in [0.05, 0.1) is 16.5 Å². The first-order valence-corrected chi connectivity index (χ1v) is 10.3. The van der Waals surface area contributed by atoms with Crippen LogP contribution in [0.4, 0.5) is 0 Å². The third kappa shape index (κ3) is 4.65. The van der Waals surface area contributed by atoms with Crippen LogP contribution < -0.4 is 0 Å². The highest BCUT2D eigenvalue weighted by molar-refractivity contribution is 7.80. The minimum Gasteiger partial charge on any atom is -0.341 e. The minimum absolute atomic E-state index is 0.134. The van der Waals surface area contributed by atoms with Crippen molar-refractivity contribution < 1.29 is 4.79 Å². The van der Waals surface area contributed by atoms with Crippen LogP contribution in [0.2, 0.25) is 10.0 Å². The topological polar surface area (TPSA) is 23.6 Å². The van der Waals surface area contributed by atoms with Crippen molar-refractivity contribution in [3.63, 3.8) is 0 Å².